The molecule has 2 amide bonds. The maximum absolute atomic E-state index is 12.6. The Morgan fingerprint density at radius 1 is 1.00 bits per heavy atom. The number of hydrogen-bond donors (Lipinski definition) is 1. The van der Waals surface area contributed by atoms with E-state index in [1.54, 1.807) is 0 Å². The van der Waals surface area contributed by atoms with Crippen LogP contribution in [-0.4, -0.2) is 28.2 Å². The molecule has 126 valence electrons. The van der Waals surface area contributed by atoms with E-state index in [9.17, 15) is 9.59 Å². The first-order chi connectivity index (χ1) is 12.2. The number of benzene rings is 2. The molecule has 0 bridgehead atoms. The molecular weight excluding hydrogens is 312 g/mol. The highest BCUT2D eigenvalue weighted by Crippen LogP contribution is 2.25. The molecule has 1 aliphatic heterocycles. The molecule has 1 unspecified atom stereocenters. The Labute approximate surface area is 146 Å². The van der Waals surface area contributed by atoms with Crippen LogP contribution in [0.3, 0.4) is 0 Å². The highest BCUT2D eigenvalue weighted by atomic mass is 16.2. The fraction of sp³-hybridized carbons (Fsp3) is 0.238. The molecule has 0 saturated carbocycles. The van der Waals surface area contributed by atoms with Gasteiger partial charge >= 0.3 is 0 Å². The lowest BCUT2D eigenvalue weighted by molar-refractivity contribution is -0.139. The fourth-order valence-corrected chi connectivity index (χ4v) is 3.62. The molecule has 1 aromatic heterocycles. The van der Waals surface area contributed by atoms with Crippen LogP contribution in [0.15, 0.2) is 60.8 Å². The maximum atomic E-state index is 12.6. The van der Waals surface area contributed by atoms with Gasteiger partial charge in [0.1, 0.15) is 0 Å². The number of rotatable bonds is 5. The Balaban J connectivity index is 1.44. The number of aromatic nitrogens is 1. The summed E-state index contributed by atoms with van der Waals surface area (Å²) in [4.78, 5) is 29.6. The van der Waals surface area contributed by atoms with Crippen LogP contribution >= 0.6 is 0 Å². The molecule has 1 fully saturated rings. The largest absolute Gasteiger partial charge is 0.361 e. The van der Waals surface area contributed by atoms with Gasteiger partial charge in [-0.25, -0.2) is 0 Å². The number of nitrogens with zero attached hydrogens (tertiary/aromatic N) is 1. The smallest absolute Gasteiger partial charge is 0.233 e. The monoisotopic (exact) mass is 332 g/mol. The Morgan fingerprint density at radius 2 is 1.76 bits per heavy atom. The van der Waals surface area contributed by atoms with E-state index in [-0.39, 0.29) is 17.7 Å². The van der Waals surface area contributed by atoms with Crippen molar-refractivity contribution in [1.29, 1.82) is 0 Å². The lowest BCUT2D eigenvalue weighted by Gasteiger charge is -2.14. The lowest BCUT2D eigenvalue weighted by atomic mass is 9.98. The molecule has 0 aliphatic carbocycles. The zero-order valence-corrected chi connectivity index (χ0v) is 13.9. The number of para-hydroxylation sites is 1. The highest BCUT2D eigenvalue weighted by Gasteiger charge is 2.37. The van der Waals surface area contributed by atoms with Gasteiger partial charge in [0.05, 0.1) is 5.92 Å². The SMILES string of the molecule is O=C1CC(Cc2ccccc2)C(=O)N1CCc1c[nH]c2ccccc12. The summed E-state index contributed by atoms with van der Waals surface area (Å²) >= 11 is 0. The molecule has 2 aromatic carbocycles. The minimum Gasteiger partial charge on any atom is -0.361 e. The van der Waals surface area contributed by atoms with Crippen LogP contribution in [-0.2, 0) is 22.4 Å². The summed E-state index contributed by atoms with van der Waals surface area (Å²) in [5, 5.41) is 1.16. The molecule has 4 rings (SSSR count). The molecule has 4 heteroatoms. The van der Waals surface area contributed by atoms with E-state index in [0.29, 0.717) is 25.8 Å². The van der Waals surface area contributed by atoms with E-state index in [4.69, 9.17) is 0 Å². The van der Waals surface area contributed by atoms with Gasteiger partial charge in [0, 0.05) is 30.1 Å². The number of H-pyrrole nitrogens is 1. The van der Waals surface area contributed by atoms with Gasteiger partial charge in [-0.2, -0.15) is 0 Å². The number of nitrogens with one attached hydrogen (secondary N) is 1. The molecule has 25 heavy (non-hydrogen) atoms. The van der Waals surface area contributed by atoms with Crippen LogP contribution in [0.5, 0.6) is 0 Å². The molecule has 4 nitrogen and oxygen atoms in total. The predicted molar refractivity (Wildman–Crippen MR) is 97.0 cm³/mol. The van der Waals surface area contributed by atoms with Crippen molar-refractivity contribution in [2.75, 3.05) is 6.54 Å². The van der Waals surface area contributed by atoms with Crippen molar-refractivity contribution in [3.63, 3.8) is 0 Å². The van der Waals surface area contributed by atoms with Crippen LogP contribution in [0.4, 0.5) is 0 Å². The van der Waals surface area contributed by atoms with Crippen LogP contribution in [0.25, 0.3) is 10.9 Å². The summed E-state index contributed by atoms with van der Waals surface area (Å²) in [6.07, 6.45) is 3.60. The average molecular weight is 332 g/mol. The molecule has 1 N–H and O–H groups in total. The van der Waals surface area contributed by atoms with Gasteiger partial charge in [0.15, 0.2) is 0 Å². The fourth-order valence-electron chi connectivity index (χ4n) is 3.62. The zero-order valence-electron chi connectivity index (χ0n) is 13.9. The van der Waals surface area contributed by atoms with Crippen LogP contribution < -0.4 is 0 Å². The van der Waals surface area contributed by atoms with E-state index >= 15 is 0 Å². The van der Waals surface area contributed by atoms with Crippen LogP contribution in [0.1, 0.15) is 17.5 Å². The first-order valence-corrected chi connectivity index (χ1v) is 8.65. The van der Waals surface area contributed by atoms with Gasteiger partial charge in [-0.05, 0) is 30.0 Å². The number of carbonyl (C=O) groups excluding carboxylic acids is 2. The van der Waals surface area contributed by atoms with Gasteiger partial charge in [0.2, 0.25) is 11.8 Å². The second-order valence-corrected chi connectivity index (χ2v) is 6.58. The topological polar surface area (TPSA) is 53.2 Å². The van der Waals surface area contributed by atoms with E-state index < -0.39 is 0 Å². The highest BCUT2D eigenvalue weighted by molar-refractivity contribution is 6.03. The first kappa shape index (κ1) is 15.6. The molecule has 0 spiro atoms. The summed E-state index contributed by atoms with van der Waals surface area (Å²) in [6.45, 7) is 0.449. The third-order valence-corrected chi connectivity index (χ3v) is 4.94. The molecular formula is C21H20N2O2. The Kier molecular flexibility index (Phi) is 4.10. The van der Waals surface area contributed by atoms with Gasteiger partial charge in [-0.3, -0.25) is 14.5 Å². The third-order valence-electron chi connectivity index (χ3n) is 4.94. The lowest BCUT2D eigenvalue weighted by Crippen LogP contribution is -2.32. The molecule has 3 aromatic rings. The minimum atomic E-state index is -0.224. The summed E-state index contributed by atoms with van der Waals surface area (Å²) in [5.41, 5.74) is 3.33. The van der Waals surface area contributed by atoms with Gasteiger partial charge in [-0.1, -0.05) is 48.5 Å². The molecule has 1 aliphatic rings. The quantitative estimate of drug-likeness (QED) is 0.729. The second-order valence-electron chi connectivity index (χ2n) is 6.58. The normalized spacial score (nSPS) is 17.6. The minimum absolute atomic E-state index is 0.0336. The van der Waals surface area contributed by atoms with Crippen molar-refractivity contribution in [2.45, 2.75) is 19.3 Å². The number of carbonyl (C=O) groups is 2. The number of aromatic amines is 1. The Hall–Kier alpha value is -2.88. The van der Waals surface area contributed by atoms with E-state index in [0.717, 1.165) is 22.0 Å². The Morgan fingerprint density at radius 3 is 2.60 bits per heavy atom. The van der Waals surface area contributed by atoms with Crippen LogP contribution in [0.2, 0.25) is 0 Å². The van der Waals surface area contributed by atoms with Gasteiger partial charge < -0.3 is 4.98 Å². The second kappa shape index (κ2) is 6.55. The molecule has 1 saturated heterocycles. The predicted octanol–water partition coefficient (Wildman–Crippen LogP) is 3.33. The van der Waals surface area contributed by atoms with E-state index in [1.165, 1.54) is 4.90 Å². The summed E-state index contributed by atoms with van der Waals surface area (Å²) < 4.78 is 0. The van der Waals surface area contributed by atoms with Gasteiger partial charge in [-0.15, -0.1) is 0 Å². The summed E-state index contributed by atoms with van der Waals surface area (Å²) in [6, 6.07) is 18.0. The van der Waals surface area contributed by atoms with Crippen molar-refractivity contribution < 1.29 is 9.59 Å². The summed E-state index contributed by atoms with van der Waals surface area (Å²) in [5.74, 6) is -0.308. The molecule has 1 atom stereocenters. The van der Waals surface area contributed by atoms with Crippen molar-refractivity contribution in [1.82, 2.24) is 9.88 Å². The molecule has 0 radical (unpaired) electrons. The maximum Gasteiger partial charge on any atom is 0.233 e. The van der Waals surface area contributed by atoms with Crippen molar-refractivity contribution in [3.8, 4) is 0 Å². The summed E-state index contributed by atoms with van der Waals surface area (Å²) in [7, 11) is 0. The van der Waals surface area contributed by atoms with Gasteiger partial charge in [0.25, 0.3) is 0 Å². The van der Waals surface area contributed by atoms with E-state index in [1.807, 2.05) is 54.7 Å². The number of imide groups is 1. The van der Waals surface area contributed by atoms with Crippen molar-refractivity contribution in [3.05, 3.63) is 71.9 Å². The number of amides is 2. The molecule has 2 heterocycles. The standard InChI is InChI=1S/C21H20N2O2/c24-20-13-17(12-15-6-2-1-3-7-15)21(25)23(20)11-10-16-14-22-19-9-5-4-8-18(16)19/h1-9,14,17,22H,10-13H2. The average Bonchev–Trinajstić information content (AvgIpc) is 3.16. The number of likely N-dealkylation sites (tertiary alicyclic amines) is 1. The Bertz CT molecular complexity index is 914. The number of fused-ring (bicyclic) bond motifs is 1. The first-order valence-electron chi connectivity index (χ1n) is 8.65. The zero-order chi connectivity index (χ0) is 17.2. The third kappa shape index (κ3) is 3.07. The number of hydrogen-bond acceptors (Lipinski definition) is 2. The van der Waals surface area contributed by atoms with Crippen LogP contribution in [0, 0.1) is 5.92 Å². The van der Waals surface area contributed by atoms with Crippen molar-refractivity contribution in [2.24, 2.45) is 5.92 Å². The van der Waals surface area contributed by atoms with Crippen molar-refractivity contribution >= 4 is 22.7 Å². The van der Waals surface area contributed by atoms with E-state index in [2.05, 4.69) is 11.1 Å².